The highest BCUT2D eigenvalue weighted by Gasteiger charge is 2.71. The smallest absolute Gasteiger partial charge is 0.249 e. The van der Waals surface area contributed by atoms with E-state index in [9.17, 15) is 19.5 Å². The van der Waals surface area contributed by atoms with Crippen molar-refractivity contribution in [1.29, 1.82) is 0 Å². The van der Waals surface area contributed by atoms with Crippen molar-refractivity contribution in [3.05, 3.63) is 60.2 Å². The molecule has 1 saturated carbocycles. The van der Waals surface area contributed by atoms with E-state index in [0.717, 1.165) is 31.2 Å². The summed E-state index contributed by atoms with van der Waals surface area (Å²) in [6.07, 6.45) is 12.9. The lowest BCUT2D eigenvalue weighted by Crippen LogP contribution is -2.57. The molecule has 4 heterocycles. The largest absolute Gasteiger partial charge is 0.396 e. The number of amides is 3. The number of ether oxygens (including phenoxy) is 1. The van der Waals surface area contributed by atoms with Crippen molar-refractivity contribution in [2.45, 2.75) is 68.9 Å². The summed E-state index contributed by atoms with van der Waals surface area (Å²) in [5.41, 5.74) is -0.174. The van der Waals surface area contributed by atoms with Gasteiger partial charge in [-0.15, -0.1) is 0 Å². The molecule has 8 nitrogen and oxygen atoms in total. The minimum atomic E-state index is -1.20. The minimum absolute atomic E-state index is 0.0794. The van der Waals surface area contributed by atoms with Gasteiger partial charge in [0.15, 0.2) is 0 Å². The van der Waals surface area contributed by atoms with Gasteiger partial charge in [0, 0.05) is 38.8 Å². The molecule has 3 amide bonds. The molecule has 1 aromatic carbocycles. The van der Waals surface area contributed by atoms with Crippen LogP contribution in [0, 0.1) is 11.8 Å². The minimum Gasteiger partial charge on any atom is -0.396 e. The topological polar surface area (TPSA) is 90.4 Å². The summed E-state index contributed by atoms with van der Waals surface area (Å²) in [5.74, 6) is -1.91. The van der Waals surface area contributed by atoms with E-state index >= 15 is 0 Å². The summed E-state index contributed by atoms with van der Waals surface area (Å²) in [6.45, 7) is 1.56. The number of benzene rings is 1. The SMILES string of the molecule is O=C1[C@@H]2[C@H]3C(=O)N(CCCO)C4C(=O)N(C5CCCCC5)CC=C[C@@]43O[C@@H]2C=CCN1Cc1ccccc1. The molecule has 5 aliphatic rings. The Kier molecular flexibility index (Phi) is 6.86. The molecule has 8 heteroatoms. The lowest BCUT2D eigenvalue weighted by Gasteiger charge is -2.39. The van der Waals surface area contributed by atoms with E-state index in [-0.39, 0.29) is 36.9 Å². The highest BCUT2D eigenvalue weighted by molar-refractivity contribution is 5.99. The summed E-state index contributed by atoms with van der Waals surface area (Å²) in [6, 6.07) is 9.16. The summed E-state index contributed by atoms with van der Waals surface area (Å²) in [7, 11) is 0. The van der Waals surface area contributed by atoms with E-state index in [2.05, 4.69) is 0 Å². The zero-order chi connectivity index (χ0) is 26.3. The first kappa shape index (κ1) is 25.3. The van der Waals surface area contributed by atoms with Crippen LogP contribution in [0.4, 0.5) is 0 Å². The zero-order valence-corrected chi connectivity index (χ0v) is 21.8. The van der Waals surface area contributed by atoms with Gasteiger partial charge in [0.1, 0.15) is 11.6 Å². The van der Waals surface area contributed by atoms with Crippen LogP contribution < -0.4 is 0 Å². The van der Waals surface area contributed by atoms with Crippen LogP contribution in [0.25, 0.3) is 0 Å². The first-order chi connectivity index (χ1) is 18.5. The quantitative estimate of drug-likeness (QED) is 0.583. The lowest BCUT2D eigenvalue weighted by atomic mass is 9.77. The van der Waals surface area contributed by atoms with Gasteiger partial charge in [-0.2, -0.15) is 0 Å². The number of fused-ring (bicyclic) bond motifs is 2. The molecule has 6 rings (SSSR count). The molecule has 1 aliphatic carbocycles. The van der Waals surface area contributed by atoms with Gasteiger partial charge in [0.25, 0.3) is 0 Å². The number of carbonyl (C=O) groups excluding carboxylic acids is 3. The van der Waals surface area contributed by atoms with Crippen LogP contribution in [0.5, 0.6) is 0 Å². The molecule has 1 unspecified atom stereocenters. The Morgan fingerprint density at radius 1 is 0.947 bits per heavy atom. The van der Waals surface area contributed by atoms with E-state index in [1.807, 2.05) is 59.5 Å². The van der Waals surface area contributed by atoms with E-state index in [4.69, 9.17) is 4.74 Å². The van der Waals surface area contributed by atoms with Crippen molar-refractivity contribution in [1.82, 2.24) is 14.7 Å². The predicted octanol–water partition coefficient (Wildman–Crippen LogP) is 2.28. The fraction of sp³-hybridized carbons (Fsp3) is 0.567. The number of aliphatic hydroxyl groups is 1. The maximum Gasteiger partial charge on any atom is 0.249 e. The Morgan fingerprint density at radius 2 is 1.74 bits per heavy atom. The summed E-state index contributed by atoms with van der Waals surface area (Å²) in [4.78, 5) is 47.8. The van der Waals surface area contributed by atoms with Gasteiger partial charge >= 0.3 is 0 Å². The van der Waals surface area contributed by atoms with Gasteiger partial charge in [0.2, 0.25) is 17.7 Å². The molecule has 202 valence electrons. The molecular formula is C30H37N3O5. The summed E-state index contributed by atoms with van der Waals surface area (Å²) in [5, 5.41) is 9.58. The van der Waals surface area contributed by atoms with Gasteiger partial charge in [-0.05, 0) is 24.8 Å². The van der Waals surface area contributed by atoms with E-state index in [1.165, 1.54) is 6.42 Å². The predicted molar refractivity (Wildman–Crippen MR) is 141 cm³/mol. The number of carbonyl (C=O) groups is 3. The van der Waals surface area contributed by atoms with Crippen molar-refractivity contribution in [2.75, 3.05) is 26.2 Å². The molecular weight excluding hydrogens is 482 g/mol. The van der Waals surface area contributed by atoms with Crippen LogP contribution in [-0.2, 0) is 25.7 Å². The van der Waals surface area contributed by atoms with E-state index < -0.39 is 29.6 Å². The highest BCUT2D eigenvalue weighted by Crippen LogP contribution is 2.53. The third kappa shape index (κ3) is 4.09. The molecule has 3 fully saturated rings. The number of hydrogen-bond acceptors (Lipinski definition) is 5. The number of likely N-dealkylation sites (tertiary alicyclic amines) is 1. The standard InChI is InChI=1S/C30H37N3O5/c34-19-9-18-33-26-29(37)32(22-12-5-2-6-13-22)17-8-15-30(26)25(28(33)36)24-23(38-30)14-7-16-31(27(24)35)20-21-10-3-1-4-11-21/h1,3-4,7-8,10-11,14-15,22-26,34H,2,5-6,9,12-13,16-20H2/t23-,24+,25+,26?,30+/m1/s1. The van der Waals surface area contributed by atoms with Crippen LogP contribution in [0.1, 0.15) is 44.1 Å². The average molecular weight is 520 g/mol. The number of hydrogen-bond donors (Lipinski definition) is 1. The van der Waals surface area contributed by atoms with Gasteiger partial charge < -0.3 is 24.5 Å². The van der Waals surface area contributed by atoms with Crippen molar-refractivity contribution in [2.24, 2.45) is 11.8 Å². The molecule has 38 heavy (non-hydrogen) atoms. The van der Waals surface area contributed by atoms with Crippen LogP contribution in [0.2, 0.25) is 0 Å². The molecule has 1 N–H and O–H groups in total. The Balaban J connectivity index is 1.36. The van der Waals surface area contributed by atoms with Crippen LogP contribution in [0.3, 0.4) is 0 Å². The number of aliphatic hydroxyl groups excluding tert-OH is 1. The Hall–Kier alpha value is -2.97. The second-order valence-electron chi connectivity index (χ2n) is 11.3. The first-order valence-corrected chi connectivity index (χ1v) is 14.1. The molecule has 0 radical (unpaired) electrons. The van der Waals surface area contributed by atoms with Gasteiger partial charge in [-0.1, -0.05) is 73.9 Å². The maximum absolute atomic E-state index is 14.3. The van der Waals surface area contributed by atoms with Gasteiger partial charge in [-0.25, -0.2) is 0 Å². The van der Waals surface area contributed by atoms with Gasteiger partial charge in [0.05, 0.1) is 17.9 Å². The summed E-state index contributed by atoms with van der Waals surface area (Å²) >= 11 is 0. The summed E-state index contributed by atoms with van der Waals surface area (Å²) < 4.78 is 6.70. The average Bonchev–Trinajstić information content (AvgIpc) is 3.25. The third-order valence-electron chi connectivity index (χ3n) is 9.06. The Bertz CT molecular complexity index is 1130. The molecule has 1 aromatic rings. The zero-order valence-electron chi connectivity index (χ0n) is 21.8. The molecule has 0 bridgehead atoms. The molecule has 5 atom stereocenters. The van der Waals surface area contributed by atoms with E-state index in [0.29, 0.717) is 26.1 Å². The molecule has 2 saturated heterocycles. The third-order valence-corrected chi connectivity index (χ3v) is 9.06. The highest BCUT2D eigenvalue weighted by atomic mass is 16.5. The van der Waals surface area contributed by atoms with Crippen LogP contribution in [-0.4, -0.2) is 87.6 Å². The Morgan fingerprint density at radius 3 is 2.50 bits per heavy atom. The molecule has 0 aromatic heterocycles. The second-order valence-corrected chi connectivity index (χ2v) is 11.3. The first-order valence-electron chi connectivity index (χ1n) is 14.1. The molecule has 1 spiro atoms. The lowest BCUT2D eigenvalue weighted by molar-refractivity contribution is -0.150. The van der Waals surface area contributed by atoms with Crippen LogP contribution in [0.15, 0.2) is 54.6 Å². The molecule has 4 aliphatic heterocycles. The van der Waals surface area contributed by atoms with Crippen molar-refractivity contribution >= 4 is 17.7 Å². The van der Waals surface area contributed by atoms with Crippen molar-refractivity contribution < 1.29 is 24.2 Å². The fourth-order valence-corrected chi connectivity index (χ4v) is 7.35. The monoisotopic (exact) mass is 519 g/mol. The van der Waals surface area contributed by atoms with Crippen molar-refractivity contribution in [3.63, 3.8) is 0 Å². The van der Waals surface area contributed by atoms with E-state index in [1.54, 1.807) is 9.80 Å². The number of nitrogens with zero attached hydrogens (tertiary/aromatic N) is 3. The fourth-order valence-electron chi connectivity index (χ4n) is 7.35. The Labute approximate surface area is 223 Å². The normalized spacial score (nSPS) is 33.3. The van der Waals surface area contributed by atoms with Crippen molar-refractivity contribution in [3.8, 4) is 0 Å². The number of rotatable bonds is 6. The second kappa shape index (κ2) is 10.3. The maximum atomic E-state index is 14.3. The van der Waals surface area contributed by atoms with Crippen LogP contribution >= 0.6 is 0 Å². The van der Waals surface area contributed by atoms with Gasteiger partial charge in [-0.3, -0.25) is 14.4 Å².